The van der Waals surface area contributed by atoms with E-state index in [1.54, 1.807) is 12.1 Å². The summed E-state index contributed by atoms with van der Waals surface area (Å²) >= 11 is 3.07. The summed E-state index contributed by atoms with van der Waals surface area (Å²) < 4.78 is 14.1. The third-order valence-electron chi connectivity index (χ3n) is 3.03. The molecule has 2 rings (SSSR count). The molecular formula is C16H15BrFNO. The first-order chi connectivity index (χ1) is 9.49. The van der Waals surface area contributed by atoms with Crippen LogP contribution in [0.1, 0.15) is 35.7 Å². The van der Waals surface area contributed by atoms with Crippen molar-refractivity contribution in [1.82, 2.24) is 0 Å². The van der Waals surface area contributed by atoms with Crippen LogP contribution in [0.4, 0.5) is 10.1 Å². The van der Waals surface area contributed by atoms with Crippen LogP contribution >= 0.6 is 15.9 Å². The molecule has 0 bridgehead atoms. The van der Waals surface area contributed by atoms with Gasteiger partial charge in [-0.05, 0) is 51.7 Å². The van der Waals surface area contributed by atoms with Crippen molar-refractivity contribution in [3.05, 3.63) is 63.9 Å². The van der Waals surface area contributed by atoms with Gasteiger partial charge in [-0.25, -0.2) is 4.39 Å². The topological polar surface area (TPSA) is 29.1 Å². The van der Waals surface area contributed by atoms with Crippen LogP contribution in [0.25, 0.3) is 0 Å². The summed E-state index contributed by atoms with van der Waals surface area (Å²) in [5.41, 5.74) is 1.86. The maximum atomic E-state index is 13.8. The molecule has 0 saturated carbocycles. The minimum atomic E-state index is -0.552. The molecule has 0 aliphatic carbocycles. The van der Waals surface area contributed by atoms with E-state index in [1.807, 2.05) is 24.3 Å². The van der Waals surface area contributed by atoms with Gasteiger partial charge < -0.3 is 5.32 Å². The minimum absolute atomic E-state index is 0.0207. The molecular weight excluding hydrogens is 321 g/mol. The standard InChI is InChI=1S/C16H15BrFNO/c1-10(2)11-6-8-12(9-7-11)19-16(20)13-4-3-5-14(17)15(13)18/h3-10H,1-2H3,(H,19,20). The van der Waals surface area contributed by atoms with Gasteiger partial charge in [0.25, 0.3) is 5.91 Å². The van der Waals surface area contributed by atoms with Crippen LogP contribution < -0.4 is 5.32 Å². The van der Waals surface area contributed by atoms with Crippen LogP contribution in [0.15, 0.2) is 46.9 Å². The van der Waals surface area contributed by atoms with Crippen LogP contribution in [-0.2, 0) is 0 Å². The number of benzene rings is 2. The Balaban J connectivity index is 2.17. The molecule has 0 radical (unpaired) electrons. The average molecular weight is 336 g/mol. The van der Waals surface area contributed by atoms with E-state index in [9.17, 15) is 9.18 Å². The summed E-state index contributed by atoms with van der Waals surface area (Å²) in [6.07, 6.45) is 0. The Kier molecular flexibility index (Phi) is 4.55. The molecule has 0 fully saturated rings. The Morgan fingerprint density at radius 2 is 1.80 bits per heavy atom. The second-order valence-corrected chi connectivity index (χ2v) is 5.69. The van der Waals surface area contributed by atoms with Crippen molar-refractivity contribution in [2.24, 2.45) is 0 Å². The Hall–Kier alpha value is -1.68. The van der Waals surface area contributed by atoms with E-state index in [0.29, 0.717) is 11.6 Å². The molecule has 1 amide bonds. The van der Waals surface area contributed by atoms with Crippen molar-refractivity contribution in [3.63, 3.8) is 0 Å². The number of carbonyl (C=O) groups excluding carboxylic acids is 1. The van der Waals surface area contributed by atoms with Gasteiger partial charge in [-0.3, -0.25) is 4.79 Å². The Bertz CT molecular complexity index is 623. The fraction of sp³-hybridized carbons (Fsp3) is 0.188. The highest BCUT2D eigenvalue weighted by Gasteiger charge is 2.13. The summed E-state index contributed by atoms with van der Waals surface area (Å²) in [4.78, 5) is 12.0. The molecule has 2 aromatic carbocycles. The van der Waals surface area contributed by atoms with Gasteiger partial charge in [-0.15, -0.1) is 0 Å². The molecule has 0 heterocycles. The Labute approximate surface area is 126 Å². The van der Waals surface area contributed by atoms with E-state index in [-0.39, 0.29) is 10.0 Å². The maximum Gasteiger partial charge on any atom is 0.258 e. The highest BCUT2D eigenvalue weighted by molar-refractivity contribution is 9.10. The molecule has 0 aliphatic heterocycles. The van der Waals surface area contributed by atoms with Crippen molar-refractivity contribution in [2.45, 2.75) is 19.8 Å². The summed E-state index contributed by atoms with van der Waals surface area (Å²) in [6, 6.07) is 12.2. The van der Waals surface area contributed by atoms with Crippen molar-refractivity contribution in [3.8, 4) is 0 Å². The molecule has 2 aromatic rings. The second kappa shape index (κ2) is 6.18. The summed E-state index contributed by atoms with van der Waals surface area (Å²) in [6.45, 7) is 4.20. The highest BCUT2D eigenvalue weighted by atomic mass is 79.9. The number of amides is 1. The van der Waals surface area contributed by atoms with Crippen molar-refractivity contribution < 1.29 is 9.18 Å². The maximum absolute atomic E-state index is 13.8. The van der Waals surface area contributed by atoms with Gasteiger partial charge in [0.15, 0.2) is 0 Å². The lowest BCUT2D eigenvalue weighted by molar-refractivity contribution is 0.102. The quantitative estimate of drug-likeness (QED) is 0.843. The van der Waals surface area contributed by atoms with Crippen molar-refractivity contribution >= 4 is 27.5 Å². The third-order valence-corrected chi connectivity index (χ3v) is 3.64. The number of rotatable bonds is 3. The highest BCUT2D eigenvalue weighted by Crippen LogP contribution is 2.21. The molecule has 20 heavy (non-hydrogen) atoms. The van der Waals surface area contributed by atoms with E-state index in [2.05, 4.69) is 35.1 Å². The SMILES string of the molecule is CC(C)c1ccc(NC(=O)c2cccc(Br)c2F)cc1. The van der Waals surface area contributed by atoms with Crippen LogP contribution in [-0.4, -0.2) is 5.91 Å². The molecule has 1 N–H and O–H groups in total. The lowest BCUT2D eigenvalue weighted by atomic mass is 10.0. The van der Waals surface area contributed by atoms with E-state index >= 15 is 0 Å². The van der Waals surface area contributed by atoms with E-state index < -0.39 is 11.7 Å². The van der Waals surface area contributed by atoms with Gasteiger partial charge in [-0.2, -0.15) is 0 Å². The van der Waals surface area contributed by atoms with E-state index in [4.69, 9.17) is 0 Å². The van der Waals surface area contributed by atoms with Crippen LogP contribution in [0.3, 0.4) is 0 Å². The second-order valence-electron chi connectivity index (χ2n) is 4.83. The summed E-state index contributed by atoms with van der Waals surface area (Å²) in [5, 5.41) is 2.69. The molecule has 0 unspecified atom stereocenters. The van der Waals surface area contributed by atoms with Crippen LogP contribution in [0.5, 0.6) is 0 Å². The number of carbonyl (C=O) groups is 1. The van der Waals surface area contributed by atoms with Gasteiger partial charge in [-0.1, -0.05) is 32.0 Å². The largest absolute Gasteiger partial charge is 0.322 e. The first-order valence-electron chi connectivity index (χ1n) is 6.34. The number of nitrogens with one attached hydrogen (secondary N) is 1. The van der Waals surface area contributed by atoms with E-state index in [1.165, 1.54) is 11.6 Å². The molecule has 0 atom stereocenters. The molecule has 0 aromatic heterocycles. The first kappa shape index (κ1) is 14.7. The molecule has 2 nitrogen and oxygen atoms in total. The number of hydrogen-bond acceptors (Lipinski definition) is 1. The number of anilines is 1. The Morgan fingerprint density at radius 3 is 2.40 bits per heavy atom. The van der Waals surface area contributed by atoms with Crippen molar-refractivity contribution in [1.29, 1.82) is 0 Å². The van der Waals surface area contributed by atoms with Gasteiger partial charge >= 0.3 is 0 Å². The summed E-state index contributed by atoms with van der Waals surface area (Å²) in [7, 11) is 0. The summed E-state index contributed by atoms with van der Waals surface area (Å²) in [5.74, 6) is -0.577. The zero-order chi connectivity index (χ0) is 14.7. The van der Waals surface area contributed by atoms with Gasteiger partial charge in [0, 0.05) is 5.69 Å². The molecule has 104 valence electrons. The fourth-order valence-corrected chi connectivity index (χ4v) is 2.20. The third kappa shape index (κ3) is 3.25. The van der Waals surface area contributed by atoms with Gasteiger partial charge in [0.2, 0.25) is 0 Å². The van der Waals surface area contributed by atoms with Crippen molar-refractivity contribution in [2.75, 3.05) is 5.32 Å². The predicted molar refractivity (Wildman–Crippen MR) is 82.6 cm³/mol. The monoisotopic (exact) mass is 335 g/mol. The molecule has 0 saturated heterocycles. The zero-order valence-corrected chi connectivity index (χ0v) is 12.9. The fourth-order valence-electron chi connectivity index (χ4n) is 1.83. The lowest BCUT2D eigenvalue weighted by Gasteiger charge is -2.09. The van der Waals surface area contributed by atoms with Gasteiger partial charge in [0.1, 0.15) is 5.82 Å². The molecule has 4 heteroatoms. The van der Waals surface area contributed by atoms with E-state index in [0.717, 1.165) is 0 Å². The Morgan fingerprint density at radius 1 is 1.15 bits per heavy atom. The first-order valence-corrected chi connectivity index (χ1v) is 7.13. The normalized spacial score (nSPS) is 10.7. The lowest BCUT2D eigenvalue weighted by Crippen LogP contribution is -2.14. The molecule has 0 spiro atoms. The minimum Gasteiger partial charge on any atom is -0.322 e. The smallest absolute Gasteiger partial charge is 0.258 e. The predicted octanol–water partition coefficient (Wildman–Crippen LogP) is 4.96. The molecule has 0 aliphatic rings. The average Bonchev–Trinajstić information content (AvgIpc) is 2.42. The van der Waals surface area contributed by atoms with Crippen LogP contribution in [0, 0.1) is 5.82 Å². The van der Waals surface area contributed by atoms with Gasteiger partial charge in [0.05, 0.1) is 10.0 Å². The van der Waals surface area contributed by atoms with Crippen LogP contribution in [0.2, 0.25) is 0 Å². The zero-order valence-electron chi connectivity index (χ0n) is 11.3. The number of hydrogen-bond donors (Lipinski definition) is 1. The number of halogens is 2.